The second-order valence-electron chi connectivity index (χ2n) is 5.39. The molecule has 1 spiro atoms. The van der Waals surface area contributed by atoms with Gasteiger partial charge in [0.05, 0.1) is 22.8 Å². The Labute approximate surface area is 117 Å². The van der Waals surface area contributed by atoms with Crippen LogP contribution in [0.5, 0.6) is 5.75 Å². The molecular formula is C15H17ClO3. The van der Waals surface area contributed by atoms with Gasteiger partial charge in [-0.2, -0.15) is 0 Å². The van der Waals surface area contributed by atoms with Gasteiger partial charge in [-0.05, 0) is 31.4 Å². The molecule has 1 heterocycles. The number of carbonyl (C=O) groups is 1. The van der Waals surface area contributed by atoms with Crippen LogP contribution in [-0.4, -0.2) is 24.6 Å². The summed E-state index contributed by atoms with van der Waals surface area (Å²) in [4.78, 5) is 11.1. The predicted octanol–water partition coefficient (Wildman–Crippen LogP) is 3.63. The number of benzene rings is 1. The third-order valence-corrected chi connectivity index (χ3v) is 4.47. The van der Waals surface area contributed by atoms with Gasteiger partial charge in [-0.1, -0.05) is 17.7 Å². The molecule has 1 aromatic carbocycles. The summed E-state index contributed by atoms with van der Waals surface area (Å²) in [5.74, 6) is 0.587. The monoisotopic (exact) mass is 280 g/mol. The van der Waals surface area contributed by atoms with Gasteiger partial charge in [0.2, 0.25) is 0 Å². The van der Waals surface area contributed by atoms with Crippen LogP contribution in [0.2, 0.25) is 5.02 Å². The lowest BCUT2D eigenvalue weighted by atomic mass is 9.74. The van der Waals surface area contributed by atoms with Crippen molar-refractivity contribution in [3.63, 3.8) is 0 Å². The van der Waals surface area contributed by atoms with Gasteiger partial charge < -0.3 is 9.47 Å². The number of ether oxygens (including phenoxy) is 2. The van der Waals surface area contributed by atoms with E-state index in [-0.39, 0.29) is 11.7 Å². The fraction of sp³-hybridized carbons (Fsp3) is 0.533. The van der Waals surface area contributed by atoms with Crippen molar-refractivity contribution in [3.8, 4) is 5.75 Å². The van der Waals surface area contributed by atoms with Crippen molar-refractivity contribution in [2.75, 3.05) is 6.61 Å². The minimum atomic E-state index is 0.0445. The van der Waals surface area contributed by atoms with Crippen LogP contribution >= 0.6 is 11.6 Å². The molecule has 3 rings (SSSR count). The summed E-state index contributed by atoms with van der Waals surface area (Å²) < 4.78 is 11.9. The van der Waals surface area contributed by atoms with Crippen molar-refractivity contribution >= 4 is 17.9 Å². The van der Waals surface area contributed by atoms with Crippen molar-refractivity contribution in [2.45, 2.75) is 43.8 Å². The molecule has 1 unspecified atom stereocenters. The van der Waals surface area contributed by atoms with Crippen molar-refractivity contribution in [2.24, 2.45) is 0 Å². The van der Waals surface area contributed by atoms with Gasteiger partial charge in [0.1, 0.15) is 11.9 Å². The first-order valence-corrected chi connectivity index (χ1v) is 7.15. The lowest BCUT2D eigenvalue weighted by molar-refractivity contribution is -0.153. The summed E-state index contributed by atoms with van der Waals surface area (Å²) >= 11 is 6.01. The van der Waals surface area contributed by atoms with Gasteiger partial charge >= 0.3 is 0 Å². The molecule has 0 N–H and O–H groups in total. The molecule has 3 nitrogen and oxygen atoms in total. The predicted molar refractivity (Wildman–Crippen MR) is 73.0 cm³/mol. The van der Waals surface area contributed by atoms with Crippen molar-refractivity contribution in [3.05, 3.63) is 28.8 Å². The smallest absolute Gasteiger partial charge is 0.155 e. The lowest BCUT2D eigenvalue weighted by Crippen LogP contribution is -2.48. The highest BCUT2D eigenvalue weighted by atomic mass is 35.5. The summed E-state index contributed by atoms with van der Waals surface area (Å²) in [5, 5.41) is 0.443. The minimum Gasteiger partial charge on any atom is -0.489 e. The quantitative estimate of drug-likeness (QED) is 0.793. The molecule has 0 aromatic heterocycles. The van der Waals surface area contributed by atoms with Gasteiger partial charge in [0.15, 0.2) is 6.29 Å². The molecule has 1 saturated heterocycles. The molecule has 1 atom stereocenters. The molecular weight excluding hydrogens is 264 g/mol. The Kier molecular flexibility index (Phi) is 3.50. The van der Waals surface area contributed by atoms with Crippen LogP contribution in [0.1, 0.15) is 42.5 Å². The Bertz CT molecular complexity index is 482. The molecule has 2 aliphatic rings. The third-order valence-electron chi connectivity index (χ3n) is 4.14. The molecule has 102 valence electrons. The van der Waals surface area contributed by atoms with Crippen LogP contribution < -0.4 is 4.74 Å². The maximum atomic E-state index is 11.1. The highest BCUT2D eigenvalue weighted by Crippen LogP contribution is 2.43. The first kappa shape index (κ1) is 12.9. The van der Waals surface area contributed by atoms with Gasteiger partial charge in [-0.3, -0.25) is 4.79 Å². The zero-order chi connectivity index (χ0) is 13.3. The first-order valence-electron chi connectivity index (χ1n) is 6.77. The van der Waals surface area contributed by atoms with E-state index in [4.69, 9.17) is 21.1 Å². The number of aldehydes is 1. The summed E-state index contributed by atoms with van der Waals surface area (Å²) in [7, 11) is 0. The molecule has 0 amide bonds. The van der Waals surface area contributed by atoms with E-state index in [9.17, 15) is 4.79 Å². The molecule has 1 aromatic rings. The van der Waals surface area contributed by atoms with E-state index < -0.39 is 0 Å². The van der Waals surface area contributed by atoms with Crippen molar-refractivity contribution in [1.82, 2.24) is 0 Å². The molecule has 0 bridgehead atoms. The van der Waals surface area contributed by atoms with Crippen molar-refractivity contribution < 1.29 is 14.3 Å². The molecule has 0 radical (unpaired) electrons. The van der Waals surface area contributed by atoms with Crippen molar-refractivity contribution in [1.29, 1.82) is 0 Å². The number of halogens is 1. The average Bonchev–Trinajstić information content (AvgIpc) is 2.38. The lowest BCUT2D eigenvalue weighted by Gasteiger charge is -2.46. The standard InChI is InChI=1S/C15H17ClO3/c16-13-3-1-4-14(12(13)10-17)19-11-5-8-18-15(9-11)6-2-7-15/h1,3-4,10-11H,2,5-9H2. The Balaban J connectivity index is 1.74. The summed E-state index contributed by atoms with van der Waals surface area (Å²) in [6, 6.07) is 5.32. The Morgan fingerprint density at radius 3 is 2.95 bits per heavy atom. The Morgan fingerprint density at radius 2 is 2.26 bits per heavy atom. The fourth-order valence-corrected chi connectivity index (χ4v) is 3.13. The largest absolute Gasteiger partial charge is 0.489 e. The van der Waals surface area contributed by atoms with Gasteiger partial charge in [0.25, 0.3) is 0 Å². The summed E-state index contributed by atoms with van der Waals surface area (Å²) in [6.07, 6.45) is 6.15. The van der Waals surface area contributed by atoms with E-state index in [2.05, 4.69) is 0 Å². The third kappa shape index (κ3) is 2.49. The molecule has 4 heteroatoms. The normalized spacial score (nSPS) is 24.8. The van der Waals surface area contributed by atoms with Gasteiger partial charge in [0, 0.05) is 12.8 Å². The van der Waals surface area contributed by atoms with Gasteiger partial charge in [-0.25, -0.2) is 0 Å². The van der Waals surface area contributed by atoms with Gasteiger partial charge in [-0.15, -0.1) is 0 Å². The van der Waals surface area contributed by atoms with Crippen LogP contribution in [0.25, 0.3) is 0 Å². The fourth-order valence-electron chi connectivity index (χ4n) is 2.92. The highest BCUT2D eigenvalue weighted by molar-refractivity contribution is 6.33. The molecule has 1 saturated carbocycles. The number of hydrogen-bond acceptors (Lipinski definition) is 3. The number of hydrogen-bond donors (Lipinski definition) is 0. The summed E-state index contributed by atoms with van der Waals surface area (Å²) in [6.45, 7) is 0.738. The number of rotatable bonds is 3. The Hall–Kier alpha value is -1.06. The van der Waals surface area contributed by atoms with E-state index in [1.165, 1.54) is 6.42 Å². The molecule has 1 aliphatic carbocycles. The molecule has 2 fully saturated rings. The van der Waals surface area contributed by atoms with Crippen LogP contribution in [-0.2, 0) is 4.74 Å². The highest BCUT2D eigenvalue weighted by Gasteiger charge is 2.43. The zero-order valence-corrected chi connectivity index (χ0v) is 11.5. The van der Waals surface area contributed by atoms with E-state index in [0.717, 1.165) is 38.6 Å². The zero-order valence-electron chi connectivity index (χ0n) is 10.7. The second-order valence-corrected chi connectivity index (χ2v) is 5.79. The molecule has 1 aliphatic heterocycles. The van der Waals surface area contributed by atoms with Crippen LogP contribution in [0.4, 0.5) is 0 Å². The van der Waals surface area contributed by atoms with Crippen LogP contribution in [0, 0.1) is 0 Å². The number of carbonyl (C=O) groups excluding carboxylic acids is 1. The topological polar surface area (TPSA) is 35.5 Å². The Morgan fingerprint density at radius 1 is 1.42 bits per heavy atom. The molecule has 19 heavy (non-hydrogen) atoms. The average molecular weight is 281 g/mol. The summed E-state index contributed by atoms with van der Waals surface area (Å²) in [5.41, 5.74) is 0.487. The maximum absolute atomic E-state index is 11.1. The second kappa shape index (κ2) is 5.14. The van der Waals surface area contributed by atoms with E-state index >= 15 is 0 Å². The minimum absolute atomic E-state index is 0.0445. The maximum Gasteiger partial charge on any atom is 0.155 e. The van der Waals surface area contributed by atoms with E-state index in [1.54, 1.807) is 12.1 Å². The van der Waals surface area contributed by atoms with Crippen LogP contribution in [0.15, 0.2) is 18.2 Å². The first-order chi connectivity index (χ1) is 9.22. The van der Waals surface area contributed by atoms with E-state index in [1.807, 2.05) is 6.07 Å². The van der Waals surface area contributed by atoms with E-state index in [0.29, 0.717) is 16.3 Å². The SMILES string of the molecule is O=Cc1c(Cl)cccc1OC1CCOC2(CCC2)C1. The van der Waals surface area contributed by atoms with Crippen LogP contribution in [0.3, 0.4) is 0 Å².